The van der Waals surface area contributed by atoms with Gasteiger partial charge in [-0.15, -0.1) is 11.3 Å². The predicted octanol–water partition coefficient (Wildman–Crippen LogP) is 4.30. The molecule has 1 aliphatic heterocycles. The Morgan fingerprint density at radius 3 is 2.77 bits per heavy atom. The zero-order chi connectivity index (χ0) is 17.6. The van der Waals surface area contributed by atoms with E-state index in [2.05, 4.69) is 27.7 Å². The SMILES string of the molecule is O=C(N1CC(c2nc(-c3ccsc3)no2)C1)C1(c2cccs2)CCCC1. The lowest BCUT2D eigenvalue weighted by Gasteiger charge is -2.42. The standard InChI is InChI=1S/C19H19N3O2S2/c23-18(19(6-1-2-7-19)15-4-3-8-26-15)22-10-14(11-22)17-20-16(21-24-17)13-5-9-25-12-13/h3-5,8-9,12,14H,1-2,6-7,10-11H2. The molecule has 134 valence electrons. The van der Waals surface area contributed by atoms with Gasteiger partial charge in [0.1, 0.15) is 0 Å². The number of hydrogen-bond acceptors (Lipinski definition) is 6. The Labute approximate surface area is 159 Å². The van der Waals surface area contributed by atoms with Crippen molar-refractivity contribution >= 4 is 28.6 Å². The highest BCUT2D eigenvalue weighted by atomic mass is 32.1. The maximum atomic E-state index is 13.3. The van der Waals surface area contributed by atoms with Gasteiger partial charge in [-0.2, -0.15) is 16.3 Å². The number of hydrogen-bond donors (Lipinski definition) is 0. The Bertz CT molecular complexity index is 889. The molecule has 2 aliphatic rings. The van der Waals surface area contributed by atoms with Gasteiger partial charge in [-0.1, -0.05) is 24.1 Å². The first-order valence-corrected chi connectivity index (χ1v) is 10.8. The molecule has 26 heavy (non-hydrogen) atoms. The molecule has 7 heteroatoms. The lowest BCUT2D eigenvalue weighted by molar-refractivity contribution is -0.142. The molecule has 4 heterocycles. The molecule has 1 aliphatic carbocycles. The van der Waals surface area contributed by atoms with E-state index in [0.717, 1.165) is 31.2 Å². The summed E-state index contributed by atoms with van der Waals surface area (Å²) in [4.78, 5) is 21.0. The van der Waals surface area contributed by atoms with Gasteiger partial charge in [-0.25, -0.2) is 0 Å². The van der Waals surface area contributed by atoms with E-state index in [-0.39, 0.29) is 17.2 Å². The summed E-state index contributed by atoms with van der Waals surface area (Å²) < 4.78 is 5.45. The second-order valence-electron chi connectivity index (χ2n) is 7.14. The molecule has 5 rings (SSSR count). The van der Waals surface area contributed by atoms with Crippen molar-refractivity contribution in [3.8, 4) is 11.4 Å². The average Bonchev–Trinajstić information content (AvgIpc) is 3.41. The van der Waals surface area contributed by atoms with Crippen LogP contribution in [-0.2, 0) is 10.2 Å². The minimum absolute atomic E-state index is 0.153. The smallest absolute Gasteiger partial charge is 0.234 e. The third kappa shape index (κ3) is 2.53. The maximum Gasteiger partial charge on any atom is 0.234 e. The van der Waals surface area contributed by atoms with Crippen LogP contribution in [0.3, 0.4) is 0 Å². The number of carbonyl (C=O) groups excluding carboxylic acids is 1. The van der Waals surface area contributed by atoms with Gasteiger partial charge in [-0.05, 0) is 35.7 Å². The van der Waals surface area contributed by atoms with E-state index in [1.165, 1.54) is 4.88 Å². The second kappa shape index (κ2) is 6.32. The number of carbonyl (C=O) groups is 1. The monoisotopic (exact) mass is 385 g/mol. The van der Waals surface area contributed by atoms with Gasteiger partial charge in [-0.3, -0.25) is 4.79 Å². The summed E-state index contributed by atoms with van der Waals surface area (Å²) in [7, 11) is 0. The van der Waals surface area contributed by atoms with Crippen LogP contribution in [0.25, 0.3) is 11.4 Å². The highest BCUT2D eigenvalue weighted by Gasteiger charge is 2.49. The van der Waals surface area contributed by atoms with Gasteiger partial charge >= 0.3 is 0 Å². The van der Waals surface area contributed by atoms with E-state index in [9.17, 15) is 4.79 Å². The van der Waals surface area contributed by atoms with Crippen LogP contribution in [0.5, 0.6) is 0 Å². The number of amides is 1. The Morgan fingerprint density at radius 2 is 2.08 bits per heavy atom. The molecule has 0 bridgehead atoms. The largest absolute Gasteiger partial charge is 0.340 e. The van der Waals surface area contributed by atoms with Crippen molar-refractivity contribution in [2.45, 2.75) is 37.0 Å². The average molecular weight is 386 g/mol. The first-order valence-electron chi connectivity index (χ1n) is 8.96. The Morgan fingerprint density at radius 1 is 1.23 bits per heavy atom. The molecule has 3 aromatic rings. The predicted molar refractivity (Wildman–Crippen MR) is 101 cm³/mol. The fourth-order valence-corrected chi connectivity index (χ4v) is 5.72. The first kappa shape index (κ1) is 16.2. The number of thiophene rings is 2. The fraction of sp³-hybridized carbons (Fsp3) is 0.421. The molecule has 0 spiro atoms. The lowest BCUT2D eigenvalue weighted by Crippen LogP contribution is -2.55. The van der Waals surface area contributed by atoms with Gasteiger partial charge in [0.25, 0.3) is 0 Å². The second-order valence-corrected chi connectivity index (χ2v) is 8.87. The first-order chi connectivity index (χ1) is 12.8. The van der Waals surface area contributed by atoms with Crippen LogP contribution >= 0.6 is 22.7 Å². The van der Waals surface area contributed by atoms with Crippen molar-refractivity contribution in [2.24, 2.45) is 0 Å². The summed E-state index contributed by atoms with van der Waals surface area (Å²) in [5, 5.41) is 10.2. The molecule has 1 saturated carbocycles. The molecule has 0 unspecified atom stereocenters. The number of nitrogens with zero attached hydrogens (tertiary/aromatic N) is 3. The maximum absolute atomic E-state index is 13.3. The minimum Gasteiger partial charge on any atom is -0.340 e. The van der Waals surface area contributed by atoms with Crippen LogP contribution in [-0.4, -0.2) is 34.0 Å². The summed E-state index contributed by atoms with van der Waals surface area (Å²) in [6, 6.07) is 6.16. The summed E-state index contributed by atoms with van der Waals surface area (Å²) >= 11 is 3.33. The van der Waals surface area contributed by atoms with Crippen molar-refractivity contribution in [3.05, 3.63) is 45.1 Å². The number of likely N-dealkylation sites (tertiary alicyclic amines) is 1. The van der Waals surface area contributed by atoms with Crippen LogP contribution in [0.4, 0.5) is 0 Å². The van der Waals surface area contributed by atoms with Crippen LogP contribution < -0.4 is 0 Å². The molecule has 3 aromatic heterocycles. The molecule has 0 radical (unpaired) electrons. The van der Waals surface area contributed by atoms with Crippen LogP contribution in [0.15, 0.2) is 38.9 Å². The highest BCUT2D eigenvalue weighted by molar-refractivity contribution is 7.10. The van der Waals surface area contributed by atoms with Crippen LogP contribution in [0, 0.1) is 0 Å². The zero-order valence-electron chi connectivity index (χ0n) is 14.3. The topological polar surface area (TPSA) is 59.2 Å². The van der Waals surface area contributed by atoms with Gasteiger partial charge < -0.3 is 9.42 Å². The summed E-state index contributed by atoms with van der Waals surface area (Å²) in [5.41, 5.74) is 0.690. The normalized spacial score (nSPS) is 19.6. The summed E-state index contributed by atoms with van der Waals surface area (Å²) in [5.74, 6) is 1.72. The molecular formula is C19H19N3O2S2. The van der Waals surface area contributed by atoms with Crippen molar-refractivity contribution in [1.82, 2.24) is 15.0 Å². The van der Waals surface area contributed by atoms with E-state index in [1.807, 2.05) is 21.7 Å². The van der Waals surface area contributed by atoms with Crippen molar-refractivity contribution in [2.75, 3.05) is 13.1 Å². The van der Waals surface area contributed by atoms with Crippen molar-refractivity contribution in [1.29, 1.82) is 0 Å². The van der Waals surface area contributed by atoms with E-state index in [0.29, 0.717) is 24.8 Å². The van der Waals surface area contributed by atoms with Crippen LogP contribution in [0.1, 0.15) is 42.4 Å². The van der Waals surface area contributed by atoms with Gasteiger partial charge in [0, 0.05) is 28.9 Å². The number of rotatable bonds is 4. The van der Waals surface area contributed by atoms with E-state index >= 15 is 0 Å². The Balaban J connectivity index is 1.30. The van der Waals surface area contributed by atoms with Gasteiger partial charge in [0.2, 0.25) is 17.6 Å². The Kier molecular flexibility index (Phi) is 3.94. The van der Waals surface area contributed by atoms with E-state index in [4.69, 9.17) is 4.52 Å². The van der Waals surface area contributed by atoms with Crippen molar-refractivity contribution in [3.63, 3.8) is 0 Å². The quantitative estimate of drug-likeness (QED) is 0.672. The van der Waals surface area contributed by atoms with Crippen LogP contribution in [0.2, 0.25) is 0 Å². The molecule has 2 fully saturated rings. The summed E-state index contributed by atoms with van der Waals surface area (Å²) in [6.45, 7) is 1.36. The van der Waals surface area contributed by atoms with Gasteiger partial charge in [0.05, 0.1) is 11.3 Å². The lowest BCUT2D eigenvalue weighted by atomic mass is 9.81. The van der Waals surface area contributed by atoms with E-state index in [1.54, 1.807) is 22.7 Å². The molecule has 1 saturated heterocycles. The molecule has 0 atom stereocenters. The highest BCUT2D eigenvalue weighted by Crippen LogP contribution is 2.46. The van der Waals surface area contributed by atoms with E-state index < -0.39 is 0 Å². The minimum atomic E-state index is -0.296. The fourth-order valence-electron chi connectivity index (χ4n) is 4.11. The zero-order valence-corrected chi connectivity index (χ0v) is 15.9. The summed E-state index contributed by atoms with van der Waals surface area (Å²) in [6.07, 6.45) is 4.20. The molecule has 0 aromatic carbocycles. The molecule has 0 N–H and O–H groups in total. The Hall–Kier alpha value is -1.99. The van der Waals surface area contributed by atoms with Crippen molar-refractivity contribution < 1.29 is 9.32 Å². The number of aromatic nitrogens is 2. The molecule has 5 nitrogen and oxygen atoms in total. The van der Waals surface area contributed by atoms with Gasteiger partial charge in [0.15, 0.2) is 0 Å². The third-order valence-electron chi connectivity index (χ3n) is 5.60. The molecular weight excluding hydrogens is 366 g/mol. The third-order valence-corrected chi connectivity index (χ3v) is 7.36. The molecule has 1 amide bonds.